The molecule has 0 aliphatic carbocycles. The van der Waals surface area contributed by atoms with E-state index in [4.69, 9.17) is 30.3 Å². The maximum absolute atomic E-state index is 4.89. The van der Waals surface area contributed by atoms with Crippen molar-refractivity contribution in [1.82, 2.24) is 0 Å². The summed E-state index contributed by atoms with van der Waals surface area (Å²) in [6, 6.07) is 0. The van der Waals surface area contributed by atoms with Crippen molar-refractivity contribution in [2.75, 3.05) is 0 Å². The van der Waals surface area contributed by atoms with Crippen LogP contribution in [0.5, 0.6) is 0 Å². The molecule has 0 aromatic rings. The molecule has 0 N–H and O–H groups in total. The fraction of sp³-hybridized carbons (Fsp3) is 0. The van der Waals surface area contributed by atoms with Gasteiger partial charge in [-0.1, -0.05) is 0 Å². The van der Waals surface area contributed by atoms with Crippen molar-refractivity contribution in [3.8, 4) is 0 Å². The smallest absolute Gasteiger partial charge is 2.00 e. The van der Waals surface area contributed by atoms with Gasteiger partial charge in [-0.3, -0.25) is 0 Å². The van der Waals surface area contributed by atoms with E-state index in [9.17, 15) is 0 Å². The summed E-state index contributed by atoms with van der Waals surface area (Å²) in [4.78, 5) is 0. The molecular weight excluding hydrogens is 322 g/mol. The van der Waals surface area contributed by atoms with E-state index >= 15 is 0 Å². The Morgan fingerprint density at radius 1 is 0.667 bits per heavy atom. The zero-order chi connectivity index (χ0) is 3.58. The number of rotatable bonds is 0. The predicted molar refractivity (Wildman–Crippen MR) is 19.6 cm³/mol. The molecule has 0 rings (SSSR count). The zero-order valence-electron chi connectivity index (χ0n) is 3.42. The quantitative estimate of drug-likeness (QED) is 0.608. The minimum absolute atomic E-state index is 0. The van der Waals surface area contributed by atoms with Crippen LogP contribution in [0.3, 0.4) is 0 Å². The monoisotopic (exact) mass is 321 g/mol. The zero-order valence-corrected chi connectivity index (χ0v) is 9.00. The minimum Gasteiger partial charge on any atom is -2.00 e. The third-order valence-corrected chi connectivity index (χ3v) is 0. The van der Waals surface area contributed by atoms with E-state index in [1.807, 2.05) is 0 Å². The molecule has 0 heterocycles. The Morgan fingerprint density at radius 3 is 0.667 bits per heavy atom. The van der Waals surface area contributed by atoms with Crippen molar-refractivity contribution in [3.05, 3.63) is 0 Å². The second-order valence-electron chi connectivity index (χ2n) is 0.152. The first-order valence-electron chi connectivity index (χ1n) is 0.401. The maximum Gasteiger partial charge on any atom is 3.00 e. The summed E-state index contributed by atoms with van der Waals surface area (Å²) in [6.45, 7) is 0. The third kappa shape index (κ3) is 134. The van der Waals surface area contributed by atoms with Gasteiger partial charge in [0.2, 0.25) is 0 Å². The fourth-order valence-electron chi connectivity index (χ4n) is 0. The molecule has 0 bridgehead atoms. The number of hydrogen-bond acceptors (Lipinski definition) is 0. The van der Waals surface area contributed by atoms with Crippen molar-refractivity contribution in [2.45, 2.75) is 0 Å². The van der Waals surface area contributed by atoms with Crippen molar-refractivity contribution in [1.29, 1.82) is 0 Å². The average molecular weight is 322 g/mol. The Hall–Kier alpha value is 2.31. The number of halogens is 3. The van der Waals surface area contributed by atoms with Gasteiger partial charge < -0.3 is 16.4 Å². The molecule has 0 unspecified atom stereocenters. The van der Waals surface area contributed by atoms with E-state index in [-0.39, 0.29) is 50.6 Å². The first-order chi connectivity index (χ1) is 1.73. The van der Waals surface area contributed by atoms with E-state index in [2.05, 4.69) is 0 Å². The predicted octanol–water partition coefficient (Wildman–Crippen LogP) is 1.70. The molecule has 0 spiro atoms. The first-order valence-corrected chi connectivity index (χ1v) is 4.96. The topological polar surface area (TPSA) is 85.5 Å². The molecule has 9 heteroatoms. The Kier molecular flexibility index (Phi) is 150. The van der Waals surface area contributed by atoms with Crippen LogP contribution in [0.15, 0.2) is 0 Å². The standard InChI is InChI=1S/3ClH.3Fe.3O/h3*1H;;;;;;/q;;;3*+3;3*-2/p-3. The molecule has 0 amide bonds. The minimum atomic E-state index is -1.33. The van der Waals surface area contributed by atoms with E-state index in [1.54, 1.807) is 0 Å². The summed E-state index contributed by atoms with van der Waals surface area (Å²) < 4.78 is 0. The Bertz CT molecular complexity index is 19.0. The fourth-order valence-corrected chi connectivity index (χ4v) is 0. The normalized spacial score (nSPS) is 5.00. The van der Waals surface area contributed by atoms with Crippen LogP contribution < -0.4 is 0 Å². The summed E-state index contributed by atoms with van der Waals surface area (Å²) in [5.74, 6) is 0. The van der Waals surface area contributed by atoms with Crippen molar-refractivity contribution in [2.24, 2.45) is 0 Å². The molecule has 63 valence electrons. The molecule has 0 aliphatic rings. The molecule has 2 radical (unpaired) electrons. The molecule has 0 saturated carbocycles. The van der Waals surface area contributed by atoms with E-state index in [0.717, 1.165) is 0 Å². The molecule has 0 fully saturated rings. The summed E-state index contributed by atoms with van der Waals surface area (Å²) >= 11 is -1.33. The molecule has 9 heavy (non-hydrogen) atoms. The molecule has 0 aromatic heterocycles. The van der Waals surface area contributed by atoms with Gasteiger partial charge >= 0.3 is 75.6 Å². The van der Waals surface area contributed by atoms with Crippen LogP contribution in [-0.2, 0) is 61.7 Å². The molecule has 0 aliphatic heterocycles. The number of hydrogen-bond donors (Lipinski definition) is 0. The van der Waals surface area contributed by atoms with Crippen LogP contribution >= 0.6 is 30.3 Å². The van der Waals surface area contributed by atoms with Gasteiger partial charge in [0.05, 0.1) is 0 Å². The van der Waals surface area contributed by atoms with E-state index in [0.29, 0.717) is 0 Å². The molecule has 0 atom stereocenters. The van der Waals surface area contributed by atoms with Crippen molar-refractivity contribution >= 4 is 30.3 Å². The van der Waals surface area contributed by atoms with Crippen LogP contribution in [-0.4, -0.2) is 0 Å². The van der Waals surface area contributed by atoms with Crippen LogP contribution in [0.4, 0.5) is 0 Å². The second kappa shape index (κ2) is 31.7. The molecule has 0 saturated heterocycles. The SMILES string of the molecule is [Cl][Fe]([Cl])[Cl].[Fe+3].[Fe+3].[O-2].[O-2].[O-2]. The summed E-state index contributed by atoms with van der Waals surface area (Å²) in [7, 11) is 14.7. The maximum atomic E-state index is 4.89. The van der Waals surface area contributed by atoms with Crippen LogP contribution in [0.25, 0.3) is 0 Å². The van der Waals surface area contributed by atoms with Gasteiger partial charge in [0, 0.05) is 0 Å². The van der Waals surface area contributed by atoms with Crippen LogP contribution in [0.2, 0.25) is 0 Å². The molecule has 3 nitrogen and oxygen atoms in total. The Morgan fingerprint density at radius 2 is 0.667 bits per heavy atom. The van der Waals surface area contributed by atoms with Gasteiger partial charge in [0.1, 0.15) is 0 Å². The summed E-state index contributed by atoms with van der Waals surface area (Å²) in [5.41, 5.74) is 0. The van der Waals surface area contributed by atoms with Gasteiger partial charge in [-0.05, 0) is 0 Å². The summed E-state index contributed by atoms with van der Waals surface area (Å²) in [6.07, 6.45) is 0. The molecule has 0 aromatic carbocycles. The van der Waals surface area contributed by atoms with Gasteiger partial charge in [0.25, 0.3) is 0 Å². The van der Waals surface area contributed by atoms with Crippen LogP contribution in [0, 0.1) is 0 Å². The third-order valence-electron chi connectivity index (χ3n) is 0. The van der Waals surface area contributed by atoms with E-state index in [1.165, 1.54) is 0 Å². The average Bonchev–Trinajstić information content (AvgIpc) is 0.811. The van der Waals surface area contributed by atoms with Crippen molar-refractivity contribution in [3.63, 3.8) is 0 Å². The second-order valence-corrected chi connectivity index (χ2v) is 5.62. The van der Waals surface area contributed by atoms with Gasteiger partial charge in [-0.15, -0.1) is 0 Å². The summed E-state index contributed by atoms with van der Waals surface area (Å²) in [5, 5.41) is 0. The largest absolute Gasteiger partial charge is 3.00 e. The first kappa shape index (κ1) is 42.6. The molecular formula is Cl3Fe3O3. The van der Waals surface area contributed by atoms with Crippen LogP contribution in [0.1, 0.15) is 0 Å². The Balaban J connectivity index is -0.00000000450. The van der Waals surface area contributed by atoms with Gasteiger partial charge in [-0.25, -0.2) is 0 Å². The van der Waals surface area contributed by atoms with Gasteiger partial charge in [0.15, 0.2) is 0 Å². The van der Waals surface area contributed by atoms with E-state index < -0.39 is 11.2 Å². The van der Waals surface area contributed by atoms with Crippen molar-refractivity contribution < 1.29 is 61.7 Å². The Labute approximate surface area is 91.2 Å². The van der Waals surface area contributed by atoms with Gasteiger partial charge in [-0.2, -0.15) is 0 Å².